The van der Waals surface area contributed by atoms with E-state index in [9.17, 15) is 34.8 Å². The van der Waals surface area contributed by atoms with Crippen molar-refractivity contribution in [2.75, 3.05) is 27.2 Å². The Hall–Kier alpha value is -2.92. The lowest BCUT2D eigenvalue weighted by molar-refractivity contribution is -0.148. The van der Waals surface area contributed by atoms with Gasteiger partial charge in [0.15, 0.2) is 11.4 Å². The molecule has 11 heteroatoms. The lowest BCUT2D eigenvalue weighted by Crippen LogP contribution is -2.63. The van der Waals surface area contributed by atoms with Crippen LogP contribution < -0.4 is 5.73 Å². The number of rotatable bonds is 4. The minimum atomic E-state index is -2.66. The first-order chi connectivity index (χ1) is 18.6. The van der Waals surface area contributed by atoms with Crippen LogP contribution in [-0.2, 0) is 22.6 Å². The van der Waals surface area contributed by atoms with Gasteiger partial charge >= 0.3 is 0 Å². The van der Waals surface area contributed by atoms with Crippen LogP contribution in [0.5, 0.6) is 5.75 Å². The molecule has 216 valence electrons. The average molecular weight is 574 g/mol. The fourth-order valence-corrected chi connectivity index (χ4v) is 7.31. The number of piperidine rings is 1. The Labute approximate surface area is 237 Å². The number of allylic oxidation sites excluding steroid dienone is 1. The highest BCUT2D eigenvalue weighted by Gasteiger charge is 2.63. The zero-order chi connectivity index (χ0) is 29.5. The molecule has 10 nitrogen and oxygen atoms in total. The molecular weight excluding hydrogens is 538 g/mol. The number of phenolic OH excluding ortho intramolecular Hbond substituents is 1. The topological polar surface area (TPSA) is 165 Å². The molecule has 0 unspecified atom stereocenters. The molecule has 0 spiro atoms. The van der Waals surface area contributed by atoms with Crippen LogP contribution in [0.4, 0.5) is 0 Å². The van der Waals surface area contributed by atoms with Crippen LogP contribution in [0.25, 0.3) is 0 Å². The maximum Gasteiger partial charge on any atom is 0.255 e. The highest BCUT2D eigenvalue weighted by molar-refractivity contribution is 6.33. The number of likely N-dealkylation sites (N-methyl/N-ethyl adjacent to an activating group) is 1. The van der Waals surface area contributed by atoms with Gasteiger partial charge in [-0.05, 0) is 81.4 Å². The summed E-state index contributed by atoms with van der Waals surface area (Å²) >= 11 is 6.87. The number of nitrogens with zero attached hydrogens (tertiary/aromatic N) is 2. The average Bonchev–Trinajstić information content (AvgIpc) is 2.85. The summed E-state index contributed by atoms with van der Waals surface area (Å²) in [5.41, 5.74) is 3.02. The van der Waals surface area contributed by atoms with E-state index >= 15 is 0 Å². The molecule has 5 rings (SSSR count). The van der Waals surface area contributed by atoms with Crippen LogP contribution in [-0.4, -0.2) is 86.5 Å². The molecule has 1 fully saturated rings. The van der Waals surface area contributed by atoms with Gasteiger partial charge in [-0.1, -0.05) is 25.4 Å². The Kier molecular flexibility index (Phi) is 6.85. The van der Waals surface area contributed by atoms with E-state index in [2.05, 4.69) is 18.7 Å². The van der Waals surface area contributed by atoms with Gasteiger partial charge in [0.2, 0.25) is 5.78 Å². The number of likely N-dealkylation sites (tertiary alicyclic amines) is 1. The number of carbonyl (C=O) groups excluding carboxylic acids is 3. The molecule has 0 saturated carbocycles. The van der Waals surface area contributed by atoms with E-state index in [0.29, 0.717) is 22.7 Å². The lowest BCUT2D eigenvalue weighted by Gasteiger charge is -2.50. The number of nitrogens with two attached hydrogens (primary N) is 1. The monoisotopic (exact) mass is 573 g/mol. The van der Waals surface area contributed by atoms with Gasteiger partial charge < -0.3 is 26.2 Å². The van der Waals surface area contributed by atoms with E-state index in [1.165, 1.54) is 11.0 Å². The summed E-state index contributed by atoms with van der Waals surface area (Å²) in [4.78, 5) is 43.1. The highest BCUT2D eigenvalue weighted by Crippen LogP contribution is 2.53. The number of phenols is 1. The van der Waals surface area contributed by atoms with Gasteiger partial charge in [-0.2, -0.15) is 0 Å². The van der Waals surface area contributed by atoms with Crippen molar-refractivity contribution >= 4 is 29.1 Å². The van der Waals surface area contributed by atoms with E-state index in [1.807, 2.05) is 0 Å². The van der Waals surface area contributed by atoms with Crippen molar-refractivity contribution < 1.29 is 34.8 Å². The van der Waals surface area contributed by atoms with Crippen LogP contribution in [0, 0.1) is 17.3 Å². The van der Waals surface area contributed by atoms with Gasteiger partial charge in [0, 0.05) is 23.1 Å². The number of primary amides is 1. The van der Waals surface area contributed by atoms with E-state index in [0.717, 1.165) is 25.9 Å². The smallest absolute Gasteiger partial charge is 0.255 e. The Bertz CT molecular complexity index is 1390. The van der Waals surface area contributed by atoms with Gasteiger partial charge in [0.1, 0.15) is 22.8 Å². The normalized spacial score (nSPS) is 30.3. The molecule has 1 aliphatic heterocycles. The predicted octanol–water partition coefficient (Wildman–Crippen LogP) is 2.40. The molecule has 1 aromatic carbocycles. The number of aromatic hydroxyl groups is 1. The lowest BCUT2D eigenvalue weighted by atomic mass is 9.58. The summed E-state index contributed by atoms with van der Waals surface area (Å²) in [5.74, 6) is -6.77. The van der Waals surface area contributed by atoms with Crippen molar-refractivity contribution in [1.82, 2.24) is 9.80 Å². The van der Waals surface area contributed by atoms with Gasteiger partial charge in [0.25, 0.3) is 5.91 Å². The molecule has 4 aliphatic rings. The number of aliphatic hydroxyl groups is 3. The van der Waals surface area contributed by atoms with E-state index < -0.39 is 58.0 Å². The first-order valence-electron chi connectivity index (χ1n) is 13.5. The van der Waals surface area contributed by atoms with Crippen molar-refractivity contribution in [3.63, 3.8) is 0 Å². The number of carbonyl (C=O) groups is 3. The molecule has 1 amide bonds. The second-order valence-corrected chi connectivity index (χ2v) is 13.0. The van der Waals surface area contributed by atoms with Crippen molar-refractivity contribution in [1.29, 1.82) is 0 Å². The van der Waals surface area contributed by atoms with Crippen LogP contribution in [0.15, 0.2) is 28.7 Å². The minimum Gasteiger partial charge on any atom is -0.510 e. The number of fused-ring (bicyclic) bond motifs is 3. The number of amides is 1. The molecule has 1 heterocycles. The second kappa shape index (κ2) is 9.58. The minimum absolute atomic E-state index is 0.0221. The van der Waals surface area contributed by atoms with Gasteiger partial charge in [-0.3, -0.25) is 24.2 Å². The SMILES string of the molecule is CN(C)[C@@H]1C(O)=C(C(N)=O)C(=O)[C@@]2(O)C(O)=C3C(=O)c4c(O)cc(CN5CCC(C)(C)CC5)c(Cl)c4C[C@H]3C[C@@H]12. The largest absolute Gasteiger partial charge is 0.510 e. The standard InChI is InChI=1S/C29H36ClN3O7/c1-28(2)5-7-33(8-6-28)12-14-11-17(34)19-15(21(14)30)9-13-10-16-22(32(3)4)24(36)20(27(31)39)26(38)29(16,40)25(37)18(13)23(19)35/h11,13,16,22,34,36-37,40H,5-10,12H2,1-4H3,(H2,31,39)/t13-,16-,22-,29-/m0/s1. The molecule has 1 aromatic rings. The molecule has 0 bridgehead atoms. The number of Topliss-reactive ketones (excluding diaryl/α,β-unsaturated/α-hetero) is 2. The number of hydrogen-bond acceptors (Lipinski definition) is 9. The number of hydrogen-bond donors (Lipinski definition) is 5. The van der Waals surface area contributed by atoms with Crippen LogP contribution in [0.2, 0.25) is 5.02 Å². The summed E-state index contributed by atoms with van der Waals surface area (Å²) < 4.78 is 0. The van der Waals surface area contributed by atoms with E-state index in [1.54, 1.807) is 14.1 Å². The van der Waals surface area contributed by atoms with Crippen LogP contribution in [0.1, 0.15) is 54.6 Å². The van der Waals surface area contributed by atoms with Crippen LogP contribution >= 0.6 is 11.6 Å². The zero-order valence-corrected chi connectivity index (χ0v) is 23.9. The number of aliphatic hydroxyl groups excluding tert-OH is 2. The van der Waals surface area contributed by atoms with Crippen molar-refractivity contribution in [2.45, 2.75) is 57.7 Å². The van der Waals surface area contributed by atoms with Crippen molar-refractivity contribution in [2.24, 2.45) is 23.0 Å². The summed E-state index contributed by atoms with van der Waals surface area (Å²) in [6.45, 7) is 6.76. The van der Waals surface area contributed by atoms with Crippen molar-refractivity contribution in [3.05, 3.63) is 50.4 Å². The maximum absolute atomic E-state index is 13.8. The highest BCUT2D eigenvalue weighted by atomic mass is 35.5. The molecule has 0 radical (unpaired) electrons. The molecule has 6 N–H and O–H groups in total. The molecule has 0 aromatic heterocycles. The molecule has 1 saturated heterocycles. The number of ketones is 2. The fraction of sp³-hybridized carbons (Fsp3) is 0.552. The molecule has 40 heavy (non-hydrogen) atoms. The Morgan fingerprint density at radius 3 is 2.38 bits per heavy atom. The molecular formula is C29H36ClN3O7. The Morgan fingerprint density at radius 2 is 1.80 bits per heavy atom. The predicted molar refractivity (Wildman–Crippen MR) is 147 cm³/mol. The summed E-state index contributed by atoms with van der Waals surface area (Å²) in [6, 6.07) is 0.431. The van der Waals surface area contributed by atoms with E-state index in [-0.39, 0.29) is 35.1 Å². The second-order valence-electron chi connectivity index (χ2n) is 12.6. The first-order valence-corrected chi connectivity index (χ1v) is 13.9. The third-order valence-electron chi connectivity index (χ3n) is 9.33. The third kappa shape index (κ3) is 4.15. The Morgan fingerprint density at radius 1 is 1.18 bits per heavy atom. The molecule has 3 aliphatic carbocycles. The summed E-state index contributed by atoms with van der Waals surface area (Å²) in [5, 5.41) is 45.3. The fourth-order valence-electron chi connectivity index (χ4n) is 7.03. The first kappa shape index (κ1) is 28.6. The zero-order valence-electron chi connectivity index (χ0n) is 23.1. The van der Waals surface area contributed by atoms with E-state index in [4.69, 9.17) is 17.3 Å². The number of benzene rings is 1. The van der Waals surface area contributed by atoms with Gasteiger partial charge in [-0.15, -0.1) is 0 Å². The molecule has 4 atom stereocenters. The quantitative estimate of drug-likeness (QED) is 0.340. The third-order valence-corrected chi connectivity index (χ3v) is 9.81. The Balaban J connectivity index is 1.58. The number of halogens is 1. The van der Waals surface area contributed by atoms with Gasteiger partial charge in [0.05, 0.1) is 11.6 Å². The van der Waals surface area contributed by atoms with Crippen LogP contribution in [0.3, 0.4) is 0 Å². The summed E-state index contributed by atoms with van der Waals surface area (Å²) in [6.07, 6.45) is 2.25. The summed E-state index contributed by atoms with van der Waals surface area (Å²) in [7, 11) is 3.19. The van der Waals surface area contributed by atoms with Gasteiger partial charge in [-0.25, -0.2) is 0 Å². The maximum atomic E-state index is 13.8. The van der Waals surface area contributed by atoms with Crippen molar-refractivity contribution in [3.8, 4) is 5.75 Å².